The summed E-state index contributed by atoms with van der Waals surface area (Å²) in [6, 6.07) is 8.01. The quantitative estimate of drug-likeness (QED) is 0.516. The molecule has 0 radical (unpaired) electrons. The van der Waals surface area contributed by atoms with Crippen LogP contribution >= 0.6 is 0 Å². The largest absolute Gasteiger partial charge is 0.395 e. The van der Waals surface area contributed by atoms with Gasteiger partial charge in [0.15, 0.2) is 0 Å². The zero-order valence-electron chi connectivity index (χ0n) is 20.2. The van der Waals surface area contributed by atoms with Crippen LogP contribution in [0.4, 0.5) is 23.1 Å². The molecule has 2 aliphatic rings. The van der Waals surface area contributed by atoms with Crippen molar-refractivity contribution in [1.29, 1.82) is 0 Å². The van der Waals surface area contributed by atoms with E-state index in [1.165, 1.54) is 6.20 Å². The highest BCUT2D eigenvalue weighted by molar-refractivity contribution is 5.97. The number of nitrogens with zero attached hydrogens (tertiary/aromatic N) is 6. The van der Waals surface area contributed by atoms with Gasteiger partial charge in [-0.3, -0.25) is 14.5 Å². The Balaban J connectivity index is 1.45. The molecule has 0 atom stereocenters. The van der Waals surface area contributed by atoms with Gasteiger partial charge < -0.3 is 30.9 Å². The van der Waals surface area contributed by atoms with Gasteiger partial charge in [-0.05, 0) is 37.2 Å². The molecule has 4 rings (SSSR count). The number of benzene rings is 1. The van der Waals surface area contributed by atoms with E-state index in [-0.39, 0.29) is 12.5 Å². The molecule has 0 unspecified atom stereocenters. The minimum atomic E-state index is -0.558. The molecular weight excluding hydrogens is 448 g/mol. The van der Waals surface area contributed by atoms with Gasteiger partial charge in [-0.15, -0.1) is 0 Å². The van der Waals surface area contributed by atoms with Crippen LogP contribution in [-0.2, 0) is 4.79 Å². The molecule has 1 aromatic carbocycles. The minimum Gasteiger partial charge on any atom is -0.395 e. The van der Waals surface area contributed by atoms with Crippen LogP contribution in [0.15, 0.2) is 30.5 Å². The maximum atomic E-state index is 12.1. The number of amides is 2. The molecule has 188 valence electrons. The van der Waals surface area contributed by atoms with Crippen molar-refractivity contribution in [2.75, 3.05) is 80.6 Å². The SMILES string of the molecule is CC(=O)N1CCN(c2ccc(Nc3ncc(C(N)=O)c(N4CCCN(CCO)CC4)n3)cc2)CC1. The zero-order chi connectivity index (χ0) is 24.8. The lowest BCUT2D eigenvalue weighted by Gasteiger charge is -2.35. The van der Waals surface area contributed by atoms with Crippen molar-refractivity contribution in [3.8, 4) is 0 Å². The number of rotatable bonds is 7. The number of hydrogen-bond donors (Lipinski definition) is 3. The fourth-order valence-corrected chi connectivity index (χ4v) is 4.56. The number of hydrogen-bond acceptors (Lipinski definition) is 9. The van der Waals surface area contributed by atoms with E-state index in [0.29, 0.717) is 30.4 Å². The fourth-order valence-electron chi connectivity index (χ4n) is 4.56. The molecule has 2 aliphatic heterocycles. The molecular formula is C24H34N8O3. The van der Waals surface area contributed by atoms with Crippen LogP contribution in [0.5, 0.6) is 0 Å². The van der Waals surface area contributed by atoms with E-state index >= 15 is 0 Å². The Labute approximate surface area is 205 Å². The summed E-state index contributed by atoms with van der Waals surface area (Å²) in [6.45, 7) is 8.52. The van der Waals surface area contributed by atoms with Crippen molar-refractivity contribution in [1.82, 2.24) is 19.8 Å². The zero-order valence-corrected chi connectivity index (χ0v) is 20.2. The molecule has 2 fully saturated rings. The van der Waals surface area contributed by atoms with Crippen LogP contribution in [0.2, 0.25) is 0 Å². The van der Waals surface area contributed by atoms with Crippen LogP contribution in [-0.4, -0.2) is 102 Å². The predicted molar refractivity (Wildman–Crippen MR) is 135 cm³/mol. The average Bonchev–Trinajstić information content (AvgIpc) is 3.10. The molecule has 3 heterocycles. The van der Waals surface area contributed by atoms with Crippen LogP contribution in [0.25, 0.3) is 0 Å². The third kappa shape index (κ3) is 6.17. The first-order valence-corrected chi connectivity index (χ1v) is 12.1. The van der Waals surface area contributed by atoms with E-state index in [4.69, 9.17) is 5.73 Å². The van der Waals surface area contributed by atoms with Crippen molar-refractivity contribution in [2.24, 2.45) is 5.73 Å². The lowest BCUT2D eigenvalue weighted by atomic mass is 10.2. The van der Waals surface area contributed by atoms with Crippen LogP contribution in [0.1, 0.15) is 23.7 Å². The van der Waals surface area contributed by atoms with Gasteiger partial charge in [-0.2, -0.15) is 4.98 Å². The highest BCUT2D eigenvalue weighted by atomic mass is 16.3. The van der Waals surface area contributed by atoms with Gasteiger partial charge >= 0.3 is 0 Å². The van der Waals surface area contributed by atoms with Crippen LogP contribution in [0.3, 0.4) is 0 Å². The van der Waals surface area contributed by atoms with Gasteiger partial charge in [-0.25, -0.2) is 4.98 Å². The Morgan fingerprint density at radius 2 is 1.71 bits per heavy atom. The Hall–Kier alpha value is -3.44. The highest BCUT2D eigenvalue weighted by Gasteiger charge is 2.22. The summed E-state index contributed by atoms with van der Waals surface area (Å²) in [7, 11) is 0. The number of piperazine rings is 1. The summed E-state index contributed by atoms with van der Waals surface area (Å²) in [5, 5.41) is 12.5. The summed E-state index contributed by atoms with van der Waals surface area (Å²) in [5.74, 6) is 0.482. The molecule has 4 N–H and O–H groups in total. The van der Waals surface area contributed by atoms with Gasteiger partial charge in [0, 0.05) is 76.9 Å². The van der Waals surface area contributed by atoms with Crippen LogP contribution < -0.4 is 20.9 Å². The second-order valence-corrected chi connectivity index (χ2v) is 8.87. The summed E-state index contributed by atoms with van der Waals surface area (Å²) < 4.78 is 0. The average molecular weight is 483 g/mol. The number of β-amino-alcohol motifs (C(OH)–C–C–N with tert-alkyl or cyclic N) is 1. The first-order chi connectivity index (χ1) is 16.9. The molecule has 0 bridgehead atoms. The van der Waals surface area contributed by atoms with E-state index in [1.807, 2.05) is 29.2 Å². The lowest BCUT2D eigenvalue weighted by Crippen LogP contribution is -2.48. The number of carbonyl (C=O) groups is 2. The number of anilines is 4. The Morgan fingerprint density at radius 1 is 1.00 bits per heavy atom. The summed E-state index contributed by atoms with van der Waals surface area (Å²) in [5.41, 5.74) is 7.84. The van der Waals surface area contributed by atoms with Gasteiger partial charge in [0.25, 0.3) is 5.91 Å². The van der Waals surface area contributed by atoms with Crippen molar-refractivity contribution >= 4 is 35.0 Å². The Kier molecular flexibility index (Phi) is 7.98. The molecule has 11 heteroatoms. The number of carbonyl (C=O) groups excluding carboxylic acids is 2. The molecule has 0 spiro atoms. The smallest absolute Gasteiger partial charge is 0.254 e. The number of aliphatic hydroxyl groups excluding tert-OH is 1. The lowest BCUT2D eigenvalue weighted by molar-refractivity contribution is -0.129. The van der Waals surface area contributed by atoms with E-state index < -0.39 is 5.91 Å². The number of aromatic nitrogens is 2. The monoisotopic (exact) mass is 482 g/mol. The topological polar surface area (TPSA) is 131 Å². The minimum absolute atomic E-state index is 0.119. The van der Waals surface area contributed by atoms with Crippen molar-refractivity contribution < 1.29 is 14.7 Å². The fraction of sp³-hybridized carbons (Fsp3) is 0.500. The Bertz CT molecular complexity index is 1020. The van der Waals surface area contributed by atoms with E-state index in [2.05, 4.69) is 30.0 Å². The van der Waals surface area contributed by atoms with Gasteiger partial charge in [0.1, 0.15) is 11.4 Å². The van der Waals surface area contributed by atoms with Crippen LogP contribution in [0, 0.1) is 0 Å². The van der Waals surface area contributed by atoms with E-state index in [1.54, 1.807) is 6.92 Å². The molecule has 2 aromatic rings. The summed E-state index contributed by atoms with van der Waals surface area (Å²) >= 11 is 0. The molecule has 0 aliphatic carbocycles. The number of nitrogens with one attached hydrogen (secondary N) is 1. The highest BCUT2D eigenvalue weighted by Crippen LogP contribution is 2.24. The number of primary amides is 1. The maximum absolute atomic E-state index is 12.1. The van der Waals surface area contributed by atoms with Crippen molar-refractivity contribution in [2.45, 2.75) is 13.3 Å². The van der Waals surface area contributed by atoms with Gasteiger partial charge in [-0.1, -0.05) is 0 Å². The molecule has 2 amide bonds. The molecule has 1 aromatic heterocycles. The second-order valence-electron chi connectivity index (χ2n) is 8.87. The summed E-state index contributed by atoms with van der Waals surface area (Å²) in [4.78, 5) is 41.0. The number of aliphatic hydroxyl groups is 1. The third-order valence-corrected chi connectivity index (χ3v) is 6.55. The molecule has 35 heavy (non-hydrogen) atoms. The van der Waals surface area contributed by atoms with Gasteiger partial charge in [0.2, 0.25) is 11.9 Å². The Morgan fingerprint density at radius 3 is 2.37 bits per heavy atom. The van der Waals surface area contributed by atoms with Crippen molar-refractivity contribution in [3.05, 3.63) is 36.0 Å². The van der Waals surface area contributed by atoms with Gasteiger partial charge in [0.05, 0.1) is 6.61 Å². The molecule has 0 saturated carbocycles. The second kappa shape index (κ2) is 11.3. The van der Waals surface area contributed by atoms with E-state index in [9.17, 15) is 14.7 Å². The maximum Gasteiger partial charge on any atom is 0.254 e. The first-order valence-electron chi connectivity index (χ1n) is 12.1. The van der Waals surface area contributed by atoms with E-state index in [0.717, 1.165) is 63.6 Å². The standard InChI is InChI=1S/C24H34N8O3/c1-18(34)30-11-13-31(14-12-30)20-5-3-19(4-6-20)27-24-26-17-21(22(25)35)23(28-24)32-8-2-7-29(9-10-32)15-16-33/h3-6,17,33H,2,7-16H2,1H3,(H2,25,35)(H,26,27,28). The third-order valence-electron chi connectivity index (χ3n) is 6.55. The first kappa shape index (κ1) is 24.7. The normalized spacial score (nSPS) is 17.3. The summed E-state index contributed by atoms with van der Waals surface area (Å²) in [6.07, 6.45) is 2.37. The number of nitrogens with two attached hydrogens (primary N) is 1. The predicted octanol–water partition coefficient (Wildman–Crippen LogP) is 0.492. The molecule has 2 saturated heterocycles. The molecule has 11 nitrogen and oxygen atoms in total. The van der Waals surface area contributed by atoms with Crippen molar-refractivity contribution in [3.63, 3.8) is 0 Å².